The van der Waals surface area contributed by atoms with Crippen molar-refractivity contribution in [2.45, 2.75) is 33.0 Å². The number of guanidine groups is 1. The van der Waals surface area contributed by atoms with Gasteiger partial charge < -0.3 is 15.4 Å². The Bertz CT molecular complexity index is 632. The van der Waals surface area contributed by atoms with Gasteiger partial charge in [-0.25, -0.2) is 14.7 Å². The number of methoxy groups -OCH3 is 1. The average molecular weight is 458 g/mol. The van der Waals surface area contributed by atoms with E-state index in [-0.39, 0.29) is 30.0 Å². The number of nitrogens with zero attached hydrogens (tertiary/aromatic N) is 4. The van der Waals surface area contributed by atoms with E-state index in [4.69, 9.17) is 4.74 Å². The lowest BCUT2D eigenvalue weighted by Gasteiger charge is -2.17. The van der Waals surface area contributed by atoms with E-state index in [0.29, 0.717) is 19.7 Å². The first-order valence-corrected chi connectivity index (χ1v) is 8.15. The Labute approximate surface area is 166 Å². The van der Waals surface area contributed by atoms with Gasteiger partial charge in [0.05, 0.1) is 19.7 Å². The zero-order chi connectivity index (χ0) is 17.2. The molecule has 2 aromatic rings. The highest BCUT2D eigenvalue weighted by atomic mass is 127. The number of aromatic nitrogens is 3. The molecule has 0 fully saturated rings. The van der Waals surface area contributed by atoms with Crippen molar-refractivity contribution < 1.29 is 4.74 Å². The van der Waals surface area contributed by atoms with Crippen molar-refractivity contribution >= 4 is 29.9 Å². The molecule has 0 radical (unpaired) electrons. The maximum atomic E-state index is 5.15. The van der Waals surface area contributed by atoms with E-state index < -0.39 is 0 Å². The van der Waals surface area contributed by atoms with E-state index in [0.717, 1.165) is 18.1 Å². The molecular weight excluding hydrogens is 431 g/mol. The van der Waals surface area contributed by atoms with Crippen molar-refractivity contribution in [2.24, 2.45) is 4.99 Å². The van der Waals surface area contributed by atoms with Crippen LogP contribution in [-0.4, -0.2) is 47.0 Å². The van der Waals surface area contributed by atoms with Crippen molar-refractivity contribution in [1.29, 1.82) is 0 Å². The second-order valence-corrected chi connectivity index (χ2v) is 5.61. The van der Waals surface area contributed by atoms with E-state index in [1.54, 1.807) is 24.4 Å². The third-order valence-corrected chi connectivity index (χ3v) is 3.37. The number of ether oxygens (including phenoxy) is 1. The van der Waals surface area contributed by atoms with Crippen LogP contribution < -0.4 is 10.6 Å². The molecule has 1 unspecified atom stereocenters. The smallest absolute Gasteiger partial charge is 0.191 e. The Hall–Kier alpha value is -1.68. The van der Waals surface area contributed by atoms with E-state index in [1.807, 2.05) is 6.07 Å². The summed E-state index contributed by atoms with van der Waals surface area (Å²) in [5.41, 5.74) is 2.34. The highest BCUT2D eigenvalue weighted by molar-refractivity contribution is 14.0. The summed E-state index contributed by atoms with van der Waals surface area (Å²) in [4.78, 5) is 8.61. The van der Waals surface area contributed by atoms with Crippen molar-refractivity contribution in [2.75, 3.05) is 20.3 Å². The molecule has 0 aliphatic rings. The molecule has 0 aliphatic carbocycles. The van der Waals surface area contributed by atoms with Gasteiger partial charge in [-0.15, -0.1) is 24.0 Å². The minimum Gasteiger partial charge on any atom is -0.383 e. The summed E-state index contributed by atoms with van der Waals surface area (Å²) in [6, 6.07) is 8.56. The van der Waals surface area contributed by atoms with Gasteiger partial charge >= 0.3 is 0 Å². The lowest BCUT2D eigenvalue weighted by molar-refractivity contribution is 0.179. The largest absolute Gasteiger partial charge is 0.383 e. The van der Waals surface area contributed by atoms with Crippen LogP contribution in [0.4, 0.5) is 0 Å². The molecule has 138 valence electrons. The lowest BCUT2D eigenvalue weighted by Crippen LogP contribution is -2.43. The molecule has 0 saturated carbocycles. The Morgan fingerprint density at radius 2 is 2.16 bits per heavy atom. The van der Waals surface area contributed by atoms with Crippen LogP contribution in [0.15, 0.2) is 41.9 Å². The van der Waals surface area contributed by atoms with E-state index in [9.17, 15) is 0 Å². The molecule has 2 rings (SSSR count). The number of rotatable bonds is 8. The van der Waals surface area contributed by atoms with Crippen LogP contribution >= 0.6 is 24.0 Å². The fourth-order valence-electron chi connectivity index (χ4n) is 2.34. The second-order valence-electron chi connectivity index (χ2n) is 5.61. The molecule has 0 aliphatic heterocycles. The molecule has 8 heteroatoms. The zero-order valence-electron chi connectivity index (χ0n) is 15.0. The predicted octanol–water partition coefficient (Wildman–Crippen LogP) is 2.03. The molecule has 2 N–H and O–H groups in total. The number of benzene rings is 1. The monoisotopic (exact) mass is 458 g/mol. The first kappa shape index (κ1) is 21.4. The number of hydrogen-bond donors (Lipinski definition) is 2. The first-order chi connectivity index (χ1) is 11.7. The van der Waals surface area contributed by atoms with Crippen molar-refractivity contribution in [3.8, 4) is 0 Å². The van der Waals surface area contributed by atoms with Gasteiger partial charge in [0.1, 0.15) is 12.7 Å². The third-order valence-electron chi connectivity index (χ3n) is 3.37. The number of nitrogens with one attached hydrogen (secondary N) is 2. The van der Waals surface area contributed by atoms with Crippen molar-refractivity contribution in [1.82, 2.24) is 25.4 Å². The Morgan fingerprint density at radius 1 is 1.36 bits per heavy atom. The van der Waals surface area contributed by atoms with Crippen LogP contribution in [0.3, 0.4) is 0 Å². The summed E-state index contributed by atoms with van der Waals surface area (Å²) in [7, 11) is 1.70. The normalized spacial score (nSPS) is 12.4. The summed E-state index contributed by atoms with van der Waals surface area (Å²) in [5.74, 6) is 0.795. The maximum absolute atomic E-state index is 5.15. The maximum Gasteiger partial charge on any atom is 0.191 e. The van der Waals surface area contributed by atoms with Crippen molar-refractivity contribution in [3.05, 3.63) is 48.0 Å². The third kappa shape index (κ3) is 7.82. The Balaban J connectivity index is 0.00000312. The molecule has 1 aromatic heterocycles. The molecule has 0 bridgehead atoms. The number of halogens is 1. The summed E-state index contributed by atoms with van der Waals surface area (Å²) in [5, 5.41) is 10.7. The van der Waals surface area contributed by atoms with Crippen molar-refractivity contribution in [3.63, 3.8) is 0 Å². The Morgan fingerprint density at radius 3 is 2.84 bits per heavy atom. The SMILES string of the molecule is CCNC(=NCc1cccc(Cn2cncn2)c1)NC(C)COC.I. The molecule has 1 heterocycles. The summed E-state index contributed by atoms with van der Waals surface area (Å²) >= 11 is 0. The molecular formula is C17H27IN6O. The minimum atomic E-state index is 0. The highest BCUT2D eigenvalue weighted by Crippen LogP contribution is 2.08. The topological polar surface area (TPSA) is 76.4 Å². The van der Waals surface area contributed by atoms with Gasteiger partial charge in [0.25, 0.3) is 0 Å². The van der Waals surface area contributed by atoms with Crippen LogP contribution in [0, 0.1) is 0 Å². The van der Waals surface area contributed by atoms with Gasteiger partial charge in [-0.2, -0.15) is 5.10 Å². The number of aliphatic imine (C=N–C) groups is 1. The van der Waals surface area contributed by atoms with E-state index in [2.05, 4.69) is 57.8 Å². The summed E-state index contributed by atoms with van der Waals surface area (Å²) in [6.45, 7) is 6.89. The van der Waals surface area contributed by atoms with Gasteiger partial charge in [0.15, 0.2) is 5.96 Å². The fourth-order valence-corrected chi connectivity index (χ4v) is 2.34. The average Bonchev–Trinajstić information content (AvgIpc) is 3.06. The second kappa shape index (κ2) is 11.8. The highest BCUT2D eigenvalue weighted by Gasteiger charge is 2.04. The zero-order valence-corrected chi connectivity index (χ0v) is 17.3. The predicted molar refractivity (Wildman–Crippen MR) is 110 cm³/mol. The molecule has 1 aromatic carbocycles. The molecule has 0 spiro atoms. The van der Waals surface area contributed by atoms with Gasteiger partial charge in [-0.05, 0) is 25.0 Å². The summed E-state index contributed by atoms with van der Waals surface area (Å²) in [6.07, 6.45) is 3.26. The quantitative estimate of drug-likeness (QED) is 0.360. The van der Waals surface area contributed by atoms with Gasteiger partial charge in [0, 0.05) is 19.7 Å². The molecule has 7 nitrogen and oxygen atoms in total. The van der Waals surface area contributed by atoms with Crippen LogP contribution in [0.1, 0.15) is 25.0 Å². The van der Waals surface area contributed by atoms with Gasteiger partial charge in [0.2, 0.25) is 0 Å². The lowest BCUT2D eigenvalue weighted by atomic mass is 10.1. The standard InChI is InChI=1S/C17H26N6O.HI/c1-4-19-17(22-14(2)11-24-3)20-9-15-6-5-7-16(8-15)10-23-13-18-12-21-23;/h5-8,12-14H,4,9-11H2,1-3H3,(H2,19,20,22);1H. The van der Waals surface area contributed by atoms with Crippen LogP contribution in [0.2, 0.25) is 0 Å². The fraction of sp³-hybridized carbons (Fsp3) is 0.471. The molecule has 0 amide bonds. The van der Waals surface area contributed by atoms with Gasteiger partial charge in [-0.1, -0.05) is 24.3 Å². The number of hydrogen-bond acceptors (Lipinski definition) is 4. The Kier molecular flexibility index (Phi) is 10.1. The van der Waals surface area contributed by atoms with E-state index >= 15 is 0 Å². The molecule has 25 heavy (non-hydrogen) atoms. The first-order valence-electron chi connectivity index (χ1n) is 8.15. The van der Waals surface area contributed by atoms with Crippen LogP contribution in [-0.2, 0) is 17.8 Å². The van der Waals surface area contributed by atoms with Gasteiger partial charge in [-0.3, -0.25) is 0 Å². The summed E-state index contributed by atoms with van der Waals surface area (Å²) < 4.78 is 6.96. The van der Waals surface area contributed by atoms with Crippen LogP contribution in [0.5, 0.6) is 0 Å². The molecule has 1 atom stereocenters. The van der Waals surface area contributed by atoms with Crippen LogP contribution in [0.25, 0.3) is 0 Å². The minimum absolute atomic E-state index is 0. The van der Waals surface area contributed by atoms with E-state index in [1.165, 1.54) is 5.56 Å². The molecule has 0 saturated heterocycles.